The molecule has 2 rings (SSSR count). The number of ether oxygens (including phenoxy) is 1. The minimum Gasteiger partial charge on any atom is -0.497 e. The van der Waals surface area contributed by atoms with Crippen LogP contribution in [-0.4, -0.2) is 18.2 Å². The van der Waals surface area contributed by atoms with E-state index in [2.05, 4.69) is 5.32 Å². The molecule has 0 bridgehead atoms. The minimum atomic E-state index is -1.09. The monoisotopic (exact) mass is 289 g/mol. The van der Waals surface area contributed by atoms with Gasteiger partial charge in [0.15, 0.2) is 0 Å². The molecule has 0 aliphatic carbocycles. The van der Waals surface area contributed by atoms with Crippen LogP contribution < -0.4 is 10.1 Å². The van der Waals surface area contributed by atoms with Crippen molar-refractivity contribution < 1.29 is 19.0 Å². The van der Waals surface area contributed by atoms with Crippen LogP contribution in [0.3, 0.4) is 0 Å². The molecule has 0 heterocycles. The van der Waals surface area contributed by atoms with Crippen LogP contribution in [0.4, 0.5) is 10.1 Å². The van der Waals surface area contributed by atoms with E-state index < -0.39 is 11.8 Å². The first kappa shape index (κ1) is 14.8. The highest BCUT2D eigenvalue weighted by Gasteiger charge is 2.12. The zero-order valence-electron chi connectivity index (χ0n) is 11.8. The van der Waals surface area contributed by atoms with Crippen molar-refractivity contribution in [3.63, 3.8) is 0 Å². The highest BCUT2D eigenvalue weighted by atomic mass is 19.1. The molecule has 0 spiro atoms. The average Bonchev–Trinajstić information content (AvgIpc) is 2.49. The number of carboxylic acids is 1. The largest absolute Gasteiger partial charge is 0.497 e. The number of hydrogen-bond acceptors (Lipinski definition) is 3. The van der Waals surface area contributed by atoms with Gasteiger partial charge in [-0.25, -0.2) is 9.18 Å². The van der Waals surface area contributed by atoms with Gasteiger partial charge in [-0.1, -0.05) is 12.1 Å². The topological polar surface area (TPSA) is 58.6 Å². The van der Waals surface area contributed by atoms with Gasteiger partial charge >= 0.3 is 5.97 Å². The Labute approximate surface area is 122 Å². The standard InChI is InChI=1S/C16H16FNO3/c1-10(11-3-6-13(21-2)7-4-11)18-15-9-12(16(19)20)5-8-14(15)17/h3-10,18H,1-2H3,(H,19,20). The summed E-state index contributed by atoms with van der Waals surface area (Å²) in [7, 11) is 1.59. The second kappa shape index (κ2) is 6.26. The summed E-state index contributed by atoms with van der Waals surface area (Å²) in [5.41, 5.74) is 1.15. The number of aromatic carboxylic acids is 1. The van der Waals surface area contributed by atoms with Gasteiger partial charge in [0, 0.05) is 6.04 Å². The molecule has 1 unspecified atom stereocenters. The Kier molecular flexibility index (Phi) is 4.42. The molecule has 0 fully saturated rings. The maximum absolute atomic E-state index is 13.8. The molecular weight excluding hydrogens is 273 g/mol. The number of anilines is 1. The van der Waals surface area contributed by atoms with Crippen molar-refractivity contribution in [2.45, 2.75) is 13.0 Å². The normalized spacial score (nSPS) is 11.8. The van der Waals surface area contributed by atoms with E-state index in [9.17, 15) is 9.18 Å². The van der Waals surface area contributed by atoms with Crippen molar-refractivity contribution in [1.82, 2.24) is 0 Å². The second-order valence-electron chi connectivity index (χ2n) is 4.64. The third-order valence-corrected chi connectivity index (χ3v) is 3.20. The summed E-state index contributed by atoms with van der Waals surface area (Å²) in [5.74, 6) is -0.833. The minimum absolute atomic E-state index is 0.0424. The Hall–Kier alpha value is -2.56. The van der Waals surface area contributed by atoms with E-state index in [1.54, 1.807) is 7.11 Å². The number of methoxy groups -OCH3 is 1. The summed E-state index contributed by atoms with van der Waals surface area (Å²) in [5, 5.41) is 11.9. The van der Waals surface area contributed by atoms with Crippen LogP contribution in [0.1, 0.15) is 28.9 Å². The highest BCUT2D eigenvalue weighted by molar-refractivity contribution is 5.88. The predicted octanol–water partition coefficient (Wildman–Crippen LogP) is 3.71. The van der Waals surface area contributed by atoms with Crippen molar-refractivity contribution in [1.29, 1.82) is 0 Å². The van der Waals surface area contributed by atoms with E-state index in [0.717, 1.165) is 17.4 Å². The molecule has 0 aromatic heterocycles. The van der Waals surface area contributed by atoms with Gasteiger partial charge in [-0.3, -0.25) is 0 Å². The lowest BCUT2D eigenvalue weighted by Crippen LogP contribution is -2.09. The van der Waals surface area contributed by atoms with E-state index in [0.29, 0.717) is 0 Å². The molecule has 21 heavy (non-hydrogen) atoms. The molecule has 2 aromatic rings. The quantitative estimate of drug-likeness (QED) is 0.881. The van der Waals surface area contributed by atoms with Crippen LogP contribution in [0.5, 0.6) is 5.75 Å². The van der Waals surface area contributed by atoms with E-state index in [-0.39, 0.29) is 17.3 Å². The van der Waals surface area contributed by atoms with Crippen LogP contribution in [0.25, 0.3) is 0 Å². The van der Waals surface area contributed by atoms with Gasteiger partial charge in [0.1, 0.15) is 11.6 Å². The highest BCUT2D eigenvalue weighted by Crippen LogP contribution is 2.24. The molecule has 5 heteroatoms. The second-order valence-corrected chi connectivity index (χ2v) is 4.64. The Morgan fingerprint density at radius 1 is 1.24 bits per heavy atom. The Balaban J connectivity index is 2.19. The fourth-order valence-corrected chi connectivity index (χ4v) is 1.98. The third-order valence-electron chi connectivity index (χ3n) is 3.20. The molecule has 0 radical (unpaired) electrons. The Bertz CT molecular complexity index is 640. The SMILES string of the molecule is COc1ccc(C(C)Nc2cc(C(=O)O)ccc2F)cc1. The number of rotatable bonds is 5. The molecule has 0 saturated carbocycles. The van der Waals surface area contributed by atoms with Gasteiger partial charge in [0.25, 0.3) is 0 Å². The summed E-state index contributed by atoms with van der Waals surface area (Å²) < 4.78 is 18.8. The first-order valence-electron chi connectivity index (χ1n) is 6.44. The van der Waals surface area contributed by atoms with Gasteiger partial charge in [0.2, 0.25) is 0 Å². The van der Waals surface area contributed by atoms with Crippen molar-refractivity contribution in [3.05, 3.63) is 59.4 Å². The molecule has 0 aliphatic heterocycles. The maximum atomic E-state index is 13.8. The van der Waals surface area contributed by atoms with Crippen LogP contribution in [0.2, 0.25) is 0 Å². The molecular formula is C16H16FNO3. The maximum Gasteiger partial charge on any atom is 0.335 e. The van der Waals surface area contributed by atoms with Crippen LogP contribution in [0, 0.1) is 5.82 Å². The summed E-state index contributed by atoms with van der Waals surface area (Å²) in [6.07, 6.45) is 0. The number of hydrogen-bond donors (Lipinski definition) is 2. The molecule has 110 valence electrons. The van der Waals surface area contributed by atoms with Crippen molar-refractivity contribution in [2.75, 3.05) is 12.4 Å². The van der Waals surface area contributed by atoms with Gasteiger partial charge in [-0.05, 0) is 42.8 Å². The van der Waals surface area contributed by atoms with Gasteiger partial charge in [-0.15, -0.1) is 0 Å². The van der Waals surface area contributed by atoms with E-state index >= 15 is 0 Å². The van der Waals surface area contributed by atoms with E-state index in [1.807, 2.05) is 31.2 Å². The van der Waals surface area contributed by atoms with Gasteiger partial charge in [0.05, 0.1) is 18.4 Å². The van der Waals surface area contributed by atoms with Gasteiger partial charge in [-0.2, -0.15) is 0 Å². The first-order valence-corrected chi connectivity index (χ1v) is 6.44. The molecule has 2 N–H and O–H groups in total. The molecule has 0 saturated heterocycles. The lowest BCUT2D eigenvalue weighted by atomic mass is 10.1. The predicted molar refractivity (Wildman–Crippen MR) is 78.4 cm³/mol. The average molecular weight is 289 g/mol. The van der Waals surface area contributed by atoms with Gasteiger partial charge < -0.3 is 15.2 Å². The van der Waals surface area contributed by atoms with E-state index in [4.69, 9.17) is 9.84 Å². The van der Waals surface area contributed by atoms with E-state index in [1.165, 1.54) is 12.1 Å². The zero-order chi connectivity index (χ0) is 15.4. The summed E-state index contributed by atoms with van der Waals surface area (Å²) in [6, 6.07) is 10.9. The molecule has 2 aromatic carbocycles. The van der Waals surface area contributed by atoms with Crippen molar-refractivity contribution in [2.24, 2.45) is 0 Å². The molecule has 1 atom stereocenters. The fraction of sp³-hybridized carbons (Fsp3) is 0.188. The van der Waals surface area contributed by atoms with Crippen molar-refractivity contribution in [3.8, 4) is 5.75 Å². The Morgan fingerprint density at radius 2 is 1.90 bits per heavy atom. The number of halogens is 1. The molecule has 0 amide bonds. The van der Waals surface area contributed by atoms with Crippen LogP contribution in [0.15, 0.2) is 42.5 Å². The summed E-state index contributed by atoms with van der Waals surface area (Å²) in [4.78, 5) is 10.9. The Morgan fingerprint density at radius 3 is 2.48 bits per heavy atom. The smallest absolute Gasteiger partial charge is 0.335 e. The number of carboxylic acid groups (broad SMARTS) is 1. The number of benzene rings is 2. The third kappa shape index (κ3) is 3.51. The summed E-state index contributed by atoms with van der Waals surface area (Å²) in [6.45, 7) is 1.87. The number of carbonyl (C=O) groups is 1. The lowest BCUT2D eigenvalue weighted by molar-refractivity contribution is 0.0697. The van der Waals surface area contributed by atoms with Crippen LogP contribution in [-0.2, 0) is 0 Å². The molecule has 4 nitrogen and oxygen atoms in total. The molecule has 0 aliphatic rings. The fourth-order valence-electron chi connectivity index (χ4n) is 1.98. The zero-order valence-corrected chi connectivity index (χ0v) is 11.8. The van der Waals surface area contributed by atoms with Crippen LogP contribution >= 0.6 is 0 Å². The first-order chi connectivity index (χ1) is 10.0. The van der Waals surface area contributed by atoms with Crippen molar-refractivity contribution >= 4 is 11.7 Å². The number of nitrogens with one attached hydrogen (secondary N) is 1. The lowest BCUT2D eigenvalue weighted by Gasteiger charge is -2.17. The summed E-state index contributed by atoms with van der Waals surface area (Å²) >= 11 is 0.